The molecule has 1 fully saturated rings. The normalized spacial score (nSPS) is 21.8. The van der Waals surface area contributed by atoms with Crippen molar-refractivity contribution in [3.05, 3.63) is 35.1 Å². The van der Waals surface area contributed by atoms with Crippen LogP contribution < -0.4 is 0 Å². The summed E-state index contributed by atoms with van der Waals surface area (Å²) in [5.74, 6) is -4.13. The summed E-state index contributed by atoms with van der Waals surface area (Å²) in [5, 5.41) is 9.77. The van der Waals surface area contributed by atoms with Crippen molar-refractivity contribution in [1.29, 1.82) is 0 Å². The maximum absolute atomic E-state index is 13.4. The molecule has 0 aromatic heterocycles. The second-order valence-corrected chi connectivity index (χ2v) is 4.15. The van der Waals surface area contributed by atoms with Gasteiger partial charge in [-0.2, -0.15) is 0 Å². The third kappa shape index (κ3) is 2.61. The highest BCUT2D eigenvalue weighted by atomic mass is 19.2. The maximum atomic E-state index is 13.4. The number of benzene rings is 1. The Kier molecular flexibility index (Phi) is 3.69. The Morgan fingerprint density at radius 1 is 1.29 bits per heavy atom. The summed E-state index contributed by atoms with van der Waals surface area (Å²) in [6, 6.07) is 1.87. The summed E-state index contributed by atoms with van der Waals surface area (Å²) in [7, 11) is 0. The van der Waals surface area contributed by atoms with Crippen molar-refractivity contribution in [3.63, 3.8) is 0 Å². The average Bonchev–Trinajstić information content (AvgIpc) is 2.78. The minimum Gasteiger partial charge on any atom is -0.388 e. The van der Waals surface area contributed by atoms with Gasteiger partial charge >= 0.3 is 0 Å². The van der Waals surface area contributed by atoms with Crippen LogP contribution in [0.1, 0.15) is 30.9 Å². The first-order valence-corrected chi connectivity index (χ1v) is 5.52. The molecule has 94 valence electrons. The second-order valence-electron chi connectivity index (χ2n) is 4.15. The molecule has 0 bridgehead atoms. The standard InChI is InChI=1S/C12H13F3O2/c13-9-4-3-8(11(14)12(9)15)10(16)6-7-2-1-5-17-7/h3-4,7,10,16H,1-2,5-6H2. The van der Waals surface area contributed by atoms with Gasteiger partial charge in [-0.1, -0.05) is 6.07 Å². The van der Waals surface area contributed by atoms with Crippen LogP contribution in [0.3, 0.4) is 0 Å². The zero-order chi connectivity index (χ0) is 12.4. The van der Waals surface area contributed by atoms with Crippen LogP contribution in [0.25, 0.3) is 0 Å². The Bertz CT molecular complexity index is 403. The van der Waals surface area contributed by atoms with E-state index in [0.717, 1.165) is 25.0 Å². The van der Waals surface area contributed by atoms with Crippen molar-refractivity contribution in [1.82, 2.24) is 0 Å². The molecule has 0 amide bonds. The smallest absolute Gasteiger partial charge is 0.194 e. The van der Waals surface area contributed by atoms with Crippen molar-refractivity contribution >= 4 is 0 Å². The fourth-order valence-corrected chi connectivity index (χ4v) is 2.00. The lowest BCUT2D eigenvalue weighted by atomic mass is 10.0. The highest BCUT2D eigenvalue weighted by Gasteiger charge is 2.24. The van der Waals surface area contributed by atoms with E-state index in [1.807, 2.05) is 0 Å². The van der Waals surface area contributed by atoms with E-state index in [-0.39, 0.29) is 18.1 Å². The van der Waals surface area contributed by atoms with Crippen LogP contribution in [0, 0.1) is 17.5 Å². The predicted molar refractivity (Wildman–Crippen MR) is 54.9 cm³/mol. The minimum absolute atomic E-state index is 0.141. The van der Waals surface area contributed by atoms with Gasteiger partial charge in [0.05, 0.1) is 12.2 Å². The summed E-state index contributed by atoms with van der Waals surface area (Å²) in [4.78, 5) is 0. The Morgan fingerprint density at radius 2 is 2.06 bits per heavy atom. The van der Waals surface area contributed by atoms with Crippen LogP contribution in [0.2, 0.25) is 0 Å². The van der Waals surface area contributed by atoms with Crippen molar-refractivity contribution in [2.24, 2.45) is 0 Å². The van der Waals surface area contributed by atoms with E-state index in [0.29, 0.717) is 6.61 Å². The van der Waals surface area contributed by atoms with Gasteiger partial charge in [-0.05, 0) is 18.9 Å². The highest BCUT2D eigenvalue weighted by molar-refractivity contribution is 5.22. The Balaban J connectivity index is 2.13. The van der Waals surface area contributed by atoms with Crippen molar-refractivity contribution in [2.45, 2.75) is 31.5 Å². The predicted octanol–water partition coefficient (Wildman–Crippen LogP) is 2.71. The van der Waals surface area contributed by atoms with Crippen molar-refractivity contribution in [2.75, 3.05) is 6.61 Å². The van der Waals surface area contributed by atoms with Crippen LogP contribution in [0.5, 0.6) is 0 Å². The number of hydrogen-bond acceptors (Lipinski definition) is 2. The molecule has 0 aliphatic carbocycles. The molecule has 17 heavy (non-hydrogen) atoms. The van der Waals surface area contributed by atoms with Crippen LogP contribution >= 0.6 is 0 Å². The van der Waals surface area contributed by atoms with Gasteiger partial charge in [0, 0.05) is 18.6 Å². The molecule has 0 spiro atoms. The molecule has 2 unspecified atom stereocenters. The first-order chi connectivity index (χ1) is 8.09. The van der Waals surface area contributed by atoms with Gasteiger partial charge in [0.2, 0.25) is 0 Å². The molecular formula is C12H13F3O2. The molecule has 2 atom stereocenters. The van der Waals surface area contributed by atoms with E-state index in [2.05, 4.69) is 0 Å². The minimum atomic E-state index is -1.55. The van der Waals surface area contributed by atoms with Gasteiger partial charge in [-0.25, -0.2) is 13.2 Å². The molecule has 1 N–H and O–H groups in total. The third-order valence-corrected chi connectivity index (χ3v) is 2.93. The lowest BCUT2D eigenvalue weighted by molar-refractivity contribution is 0.0518. The molecule has 0 saturated carbocycles. The van der Waals surface area contributed by atoms with Crippen molar-refractivity contribution < 1.29 is 23.0 Å². The Labute approximate surface area is 97.0 Å². The number of halogens is 3. The van der Waals surface area contributed by atoms with Gasteiger partial charge in [-0.15, -0.1) is 0 Å². The number of aliphatic hydroxyl groups excluding tert-OH is 1. The molecule has 2 rings (SSSR count). The van der Waals surface area contributed by atoms with Crippen molar-refractivity contribution in [3.8, 4) is 0 Å². The number of rotatable bonds is 3. The molecule has 1 saturated heterocycles. The van der Waals surface area contributed by atoms with E-state index in [4.69, 9.17) is 4.74 Å². The molecule has 1 aromatic rings. The summed E-state index contributed by atoms with van der Waals surface area (Å²) in [6.45, 7) is 0.623. The molecule has 1 aliphatic rings. The van der Waals surface area contributed by atoms with Gasteiger partial charge < -0.3 is 9.84 Å². The average molecular weight is 246 g/mol. The van der Waals surface area contributed by atoms with Gasteiger partial charge in [0.25, 0.3) is 0 Å². The third-order valence-electron chi connectivity index (χ3n) is 2.93. The maximum Gasteiger partial charge on any atom is 0.194 e. The molecule has 0 radical (unpaired) electrons. The largest absolute Gasteiger partial charge is 0.388 e. The first kappa shape index (κ1) is 12.4. The molecular weight excluding hydrogens is 233 g/mol. The Morgan fingerprint density at radius 3 is 2.71 bits per heavy atom. The van der Waals surface area contributed by atoms with Crippen LogP contribution in [0.4, 0.5) is 13.2 Å². The molecule has 2 nitrogen and oxygen atoms in total. The van der Waals surface area contributed by atoms with Crippen LogP contribution in [-0.4, -0.2) is 17.8 Å². The molecule has 1 aromatic carbocycles. The zero-order valence-electron chi connectivity index (χ0n) is 9.13. The fraction of sp³-hybridized carbons (Fsp3) is 0.500. The van der Waals surface area contributed by atoms with E-state index in [1.54, 1.807) is 0 Å². The van der Waals surface area contributed by atoms with Gasteiger partial charge in [-0.3, -0.25) is 0 Å². The number of ether oxygens (including phenoxy) is 1. The second kappa shape index (κ2) is 5.06. The Hall–Kier alpha value is -1.07. The first-order valence-electron chi connectivity index (χ1n) is 5.52. The number of hydrogen-bond donors (Lipinski definition) is 1. The molecule has 5 heteroatoms. The summed E-state index contributed by atoms with van der Waals surface area (Å²) in [6.07, 6.45) is 0.577. The van der Waals surface area contributed by atoms with E-state index in [1.165, 1.54) is 0 Å². The SMILES string of the molecule is OC(CC1CCCO1)c1ccc(F)c(F)c1F. The van der Waals surface area contributed by atoms with E-state index >= 15 is 0 Å². The lowest BCUT2D eigenvalue weighted by Crippen LogP contribution is -2.13. The van der Waals surface area contributed by atoms with E-state index < -0.39 is 23.6 Å². The monoisotopic (exact) mass is 246 g/mol. The number of aliphatic hydroxyl groups is 1. The zero-order valence-corrected chi connectivity index (χ0v) is 9.13. The van der Waals surface area contributed by atoms with Gasteiger partial charge in [0.1, 0.15) is 0 Å². The molecule has 1 heterocycles. The fourth-order valence-electron chi connectivity index (χ4n) is 2.00. The topological polar surface area (TPSA) is 29.5 Å². The highest BCUT2D eigenvalue weighted by Crippen LogP contribution is 2.28. The van der Waals surface area contributed by atoms with Crippen LogP contribution in [-0.2, 0) is 4.74 Å². The quantitative estimate of drug-likeness (QED) is 0.831. The van der Waals surface area contributed by atoms with Gasteiger partial charge in [0.15, 0.2) is 17.5 Å². The summed E-state index contributed by atoms with van der Waals surface area (Å²) >= 11 is 0. The van der Waals surface area contributed by atoms with E-state index in [9.17, 15) is 18.3 Å². The molecule has 1 aliphatic heterocycles. The lowest BCUT2D eigenvalue weighted by Gasteiger charge is -2.16. The van der Waals surface area contributed by atoms with Crippen LogP contribution in [0.15, 0.2) is 12.1 Å². The summed E-state index contributed by atoms with van der Waals surface area (Å²) in [5.41, 5.74) is -0.223. The summed E-state index contributed by atoms with van der Waals surface area (Å²) < 4.78 is 44.3.